The quantitative estimate of drug-likeness (QED) is 0.0274. The van der Waals surface area contributed by atoms with Crippen molar-refractivity contribution in [2.75, 3.05) is 25.2 Å². The molecule has 137 heavy (non-hydrogen) atoms. The lowest BCUT2D eigenvalue weighted by Crippen LogP contribution is -2.60. The number of rotatable bonds is 14. The maximum Gasteiger partial charge on any atom is 0.527 e. The van der Waals surface area contributed by atoms with Gasteiger partial charge in [0.05, 0.1) is 39.1 Å². The van der Waals surface area contributed by atoms with E-state index >= 15 is 0 Å². The van der Waals surface area contributed by atoms with E-state index in [2.05, 4.69) is 100 Å². The average molecular weight is 1920 g/mol. The highest BCUT2D eigenvalue weighted by Gasteiger charge is 2.64. The maximum absolute atomic E-state index is 14.5. The van der Waals surface area contributed by atoms with Crippen LogP contribution in [0.2, 0.25) is 0 Å². The maximum atomic E-state index is 14.5. The number of nitrogens with two attached hydrogens (primary N) is 2. The molecule has 6 aromatic carbocycles. The van der Waals surface area contributed by atoms with E-state index in [4.69, 9.17) is 30.0 Å². The van der Waals surface area contributed by atoms with Crippen molar-refractivity contribution < 1.29 is 101 Å². The zero-order chi connectivity index (χ0) is 98.5. The number of carbonyl (C=O) groups is 6. The third-order valence-corrected chi connectivity index (χ3v) is 40.0. The lowest BCUT2D eigenvalue weighted by Gasteiger charge is -2.56. The van der Waals surface area contributed by atoms with Gasteiger partial charge in [-0.2, -0.15) is 0 Å². The second-order valence-electron chi connectivity index (χ2n) is 46.3. The molecule has 13 aliphatic rings. The summed E-state index contributed by atoms with van der Waals surface area (Å²) in [7, 11) is -7.77. The number of phosphoric ester groups is 2. The first-order valence-corrected chi connectivity index (χ1v) is 53.3. The van der Waals surface area contributed by atoms with Crippen LogP contribution in [-0.4, -0.2) is 120 Å². The minimum Gasteiger partial charge on any atom is -0.508 e. The molecule has 6 aromatic rings. The van der Waals surface area contributed by atoms with Crippen LogP contribution in [0, 0.1) is 68.0 Å². The zero-order valence-electron chi connectivity index (χ0n) is 82.1. The van der Waals surface area contributed by atoms with Gasteiger partial charge in [0, 0.05) is 18.5 Å². The predicted octanol–water partition coefficient (Wildman–Crippen LogP) is 16.8. The number of phosphoric acid groups is 2. The Morgan fingerprint density at radius 2 is 0.628 bits per heavy atom. The Labute approximate surface area is 806 Å². The minimum atomic E-state index is -4.70. The van der Waals surface area contributed by atoms with Crippen LogP contribution in [0.1, 0.15) is 304 Å². The van der Waals surface area contributed by atoms with Gasteiger partial charge in [0.25, 0.3) is 0 Å². The van der Waals surface area contributed by atoms with Crippen molar-refractivity contribution in [3.05, 3.63) is 176 Å². The predicted molar refractivity (Wildman–Crippen MR) is 520 cm³/mol. The molecular weight excluding hydrogens is 1780 g/mol. The number of aromatic hydroxyl groups is 1. The van der Waals surface area contributed by atoms with Crippen LogP contribution in [-0.2, 0) is 118 Å². The monoisotopic (exact) mass is 1920 g/mol. The fourth-order valence-corrected chi connectivity index (χ4v) is 32.2. The minimum absolute atomic E-state index is 0.00313. The van der Waals surface area contributed by atoms with Crippen molar-refractivity contribution in [1.29, 1.82) is 0 Å². The second kappa shape index (κ2) is 36.2. The molecule has 1 unspecified atom stereocenters. The van der Waals surface area contributed by atoms with Gasteiger partial charge in [0.2, 0.25) is 41.7 Å². The smallest absolute Gasteiger partial charge is 0.508 e. The lowest BCUT2D eigenvalue weighted by atomic mass is 9.49. The Hall–Kier alpha value is -8.36. The first kappa shape index (κ1) is 100. The molecule has 7 fully saturated rings. The Kier molecular flexibility index (Phi) is 26.5. The van der Waals surface area contributed by atoms with Crippen LogP contribution in [0.5, 0.6) is 23.0 Å². The summed E-state index contributed by atoms with van der Waals surface area (Å²) in [5.41, 5.74) is 21.9. The van der Waals surface area contributed by atoms with Gasteiger partial charge in [-0.3, -0.25) is 63.9 Å². The van der Waals surface area contributed by atoms with Gasteiger partial charge in [-0.1, -0.05) is 158 Å². The fraction of sp³-hybridized carbons (Fsp3) is 0.615. The third kappa shape index (κ3) is 17.2. The second-order valence-corrected chi connectivity index (χ2v) is 48.9. The number of benzene rings is 6. The van der Waals surface area contributed by atoms with Crippen LogP contribution in [0.15, 0.2) is 109 Å². The summed E-state index contributed by atoms with van der Waals surface area (Å²) in [4.78, 5) is 115. The number of imide groups is 3. The molecule has 742 valence electrons. The van der Waals surface area contributed by atoms with Crippen LogP contribution in [0.4, 0.5) is 11.4 Å². The van der Waals surface area contributed by atoms with Gasteiger partial charge in [-0.25, -0.2) is 9.13 Å². The number of aryl methyl sites for hydroxylation is 6. The molecule has 1 aliphatic heterocycles. The van der Waals surface area contributed by atoms with E-state index in [1.54, 1.807) is 30.3 Å². The Morgan fingerprint density at radius 1 is 0.365 bits per heavy atom. The highest BCUT2D eigenvalue weighted by molar-refractivity contribution is 7.47. The largest absolute Gasteiger partial charge is 0.527 e. The van der Waals surface area contributed by atoms with Gasteiger partial charge in [-0.15, -0.1) is 0 Å². The summed E-state index contributed by atoms with van der Waals surface area (Å²) in [6.07, 6.45) is 18.1. The van der Waals surface area contributed by atoms with Crippen molar-refractivity contribution in [3.63, 3.8) is 0 Å². The number of hydrogen-bond acceptors (Lipinski definition) is 20. The summed E-state index contributed by atoms with van der Waals surface area (Å²) in [5.74, 6) is 0.149. The SMILES string of the molecule is COP(=O)(O)Oc1ccc2c(c1)[C@@]1(C)CCC[C@](C)(C(=O)NC(=O)[C@@]3(C)CCC[C@]4(C)c5cc(N)ccc5CC[C@@H]34)[C@@H]1CC2.C[C@]1(C(=O)NC(=O)[C@@]2(C)CCC[C@]3(C)c4cc(OP(=O)(O)O)ccc4CC[C@@H]23)CCC[C@]2(C)c3cc(N)ccc3CC[C@@H]12.C[C@]1(C(=O)NC(=O)[C@@]2(C)CCC[C@]3(C)c4cc(O[C@@H]5O[C@H](CO)[C@@H](O)[C@H](O)[C@H]5O)ccc4CC[C@@H]23)CCC[C@]2(C)c3cc(O)ccc3CC[C@@H]12. The molecule has 19 rings (SSSR count). The zero-order valence-corrected chi connectivity index (χ0v) is 83.9. The number of fused-ring (bicyclic) bond motifs is 18. The summed E-state index contributed by atoms with van der Waals surface area (Å²) >= 11 is 0. The first-order valence-electron chi connectivity index (χ1n) is 50.3. The van der Waals surface area contributed by atoms with Crippen LogP contribution >= 0.6 is 15.6 Å². The molecule has 1 saturated heterocycles. The molecule has 26 nitrogen and oxygen atoms in total. The van der Waals surface area contributed by atoms with E-state index in [0.29, 0.717) is 31.4 Å². The fourth-order valence-electron chi connectivity index (χ4n) is 31.3. The molecule has 0 bridgehead atoms. The topological polar surface area (TPSA) is 433 Å². The molecule has 28 heteroatoms. The standard InChI is InChI=1S/C40H53NO9.C35H47N2O6P.C34H45N2O6P/c1-37-15-5-17-39(3,29(37)13-9-22-7-11-24(43)19-26(22)37)35(47)41-36(48)40(4)18-6-16-38(2)27-20-25(12-8-23(27)10-14-30(38)40)49-34-33(46)32(45)31(44)28(21-42)50-34;1-32-16-6-18-34(3,28(32)14-10-22-8-12-24(36)20-26(22)32)30(38)37-31(39)35(4)19-7-17-33(2)27-21-25(43-44(40,41)42-5)13-9-23(27)11-15-29(33)35;1-31-15-5-17-33(3,27(31)13-9-21-7-11-23(35)19-25(21)31)29(37)36-30(38)34(4)18-6-16-32(2)26-20-24(42-43(39,40)41)12-8-22(26)10-14-28(32)34/h7-8,11-12,19-20,28-34,42-46H,5-6,9-10,13-18,21H2,1-4H3,(H,41,47,48);8-9,12-13,20-21,28-29H,6-7,10-11,14-19,36H2,1-5H3,(H,40,41)(H,37,38,39);7-8,11-12,19-20,27-28H,5-6,9-10,13-18,35H2,1-4H3,(H,36,37,38)(H2,39,40,41)/t28-,29-,30-,31-,32+,33-,34-,37-,38-,39+,40+;28-,29-,32-,33-,34+,35+;27-,28-,31-,32-,33+,34+/m111/s1. The van der Waals surface area contributed by atoms with Gasteiger partial charge >= 0.3 is 15.6 Å². The number of carbonyl (C=O) groups excluding carboxylic acids is 6. The first-order chi connectivity index (χ1) is 64.4. The Balaban J connectivity index is 0.000000143. The summed E-state index contributed by atoms with van der Waals surface area (Å²) in [5, 5.41) is 60.0. The average Bonchev–Trinajstić information content (AvgIpc) is 0.720. The number of phenols is 1. The van der Waals surface area contributed by atoms with Crippen molar-refractivity contribution in [2.45, 2.75) is 339 Å². The molecular formula is C109H145N5O21P2. The molecule has 0 spiro atoms. The number of aliphatic hydroxyl groups is 4. The van der Waals surface area contributed by atoms with E-state index in [1.165, 1.54) is 27.8 Å². The normalized spacial score (nSPS) is 37.3. The Bertz CT molecular complexity index is 5860. The van der Waals surface area contributed by atoms with E-state index in [9.17, 15) is 78.1 Å². The number of nitrogens with one attached hydrogen (secondary N) is 3. The summed E-state index contributed by atoms with van der Waals surface area (Å²) in [6.45, 7) is 25.0. The number of anilines is 2. The van der Waals surface area contributed by atoms with E-state index in [0.717, 1.165) is 224 Å². The summed E-state index contributed by atoms with van der Waals surface area (Å²) < 4.78 is 50.2. The number of phenolic OH excluding ortho intramolecular Hbond substituents is 1. The molecule has 0 aromatic heterocycles. The highest BCUT2D eigenvalue weighted by atomic mass is 31.2. The number of amides is 6. The van der Waals surface area contributed by atoms with E-state index in [1.807, 2.05) is 82.3 Å². The number of nitrogen functional groups attached to an aromatic ring is 2. The molecule has 24 atom stereocenters. The third-order valence-electron chi connectivity index (χ3n) is 38.7. The van der Waals surface area contributed by atoms with Crippen molar-refractivity contribution >= 4 is 62.5 Å². The highest BCUT2D eigenvalue weighted by Crippen LogP contribution is 2.66. The molecule has 15 N–H and O–H groups in total. The molecule has 6 amide bonds. The van der Waals surface area contributed by atoms with E-state index < -0.39 is 96.3 Å². The van der Waals surface area contributed by atoms with Crippen LogP contribution in [0.3, 0.4) is 0 Å². The van der Waals surface area contributed by atoms with E-state index in [-0.39, 0.29) is 110 Å². The summed E-state index contributed by atoms with van der Waals surface area (Å²) in [6, 6.07) is 34.5. The van der Waals surface area contributed by atoms with Crippen molar-refractivity contribution in [2.24, 2.45) is 68.0 Å². The van der Waals surface area contributed by atoms with Crippen molar-refractivity contribution in [1.82, 2.24) is 16.0 Å². The van der Waals surface area contributed by atoms with Crippen LogP contribution < -0.4 is 41.2 Å². The van der Waals surface area contributed by atoms with Crippen LogP contribution in [0.25, 0.3) is 0 Å². The van der Waals surface area contributed by atoms with Crippen molar-refractivity contribution in [3.8, 4) is 23.0 Å². The molecule has 0 radical (unpaired) electrons. The molecule has 12 aliphatic carbocycles. The number of aliphatic hydroxyl groups excluding tert-OH is 4. The molecule has 1 heterocycles. The Morgan fingerprint density at radius 3 is 0.920 bits per heavy atom. The molecule has 6 saturated carbocycles. The van der Waals surface area contributed by atoms with Gasteiger partial charge in [0.1, 0.15) is 47.4 Å². The van der Waals surface area contributed by atoms with Gasteiger partial charge in [-0.05, 0) is 362 Å². The number of hydrogen-bond donors (Lipinski definition) is 13. The lowest BCUT2D eigenvalue weighted by molar-refractivity contribution is -0.277. The van der Waals surface area contributed by atoms with Gasteiger partial charge < -0.3 is 55.5 Å². The number of ether oxygens (including phenoxy) is 2. The van der Waals surface area contributed by atoms with Gasteiger partial charge in [0.15, 0.2) is 0 Å².